The van der Waals surface area contributed by atoms with Crippen molar-refractivity contribution in [1.29, 1.82) is 0 Å². The van der Waals surface area contributed by atoms with Gasteiger partial charge in [0.05, 0.1) is 0 Å². The smallest absolute Gasteiger partial charge is 0.134 e. The summed E-state index contributed by atoms with van der Waals surface area (Å²) in [7, 11) is 4.14. The van der Waals surface area contributed by atoms with Crippen molar-refractivity contribution in [1.82, 2.24) is 14.9 Å². The molecule has 1 aliphatic heterocycles. The second-order valence-corrected chi connectivity index (χ2v) is 7.39. The molecule has 0 spiro atoms. The summed E-state index contributed by atoms with van der Waals surface area (Å²) in [4.78, 5) is 13.6. The molecule has 0 aliphatic carbocycles. The van der Waals surface area contributed by atoms with Crippen LogP contribution in [-0.2, 0) is 13.0 Å². The van der Waals surface area contributed by atoms with Gasteiger partial charge in [0.2, 0.25) is 0 Å². The third-order valence-electron chi connectivity index (χ3n) is 4.19. The van der Waals surface area contributed by atoms with Gasteiger partial charge in [-0.2, -0.15) is 0 Å². The summed E-state index contributed by atoms with van der Waals surface area (Å²) in [5.74, 6) is 2.71. The zero-order valence-corrected chi connectivity index (χ0v) is 16.1. The van der Waals surface area contributed by atoms with Gasteiger partial charge in [-0.25, -0.2) is 9.97 Å². The van der Waals surface area contributed by atoms with Gasteiger partial charge in [-0.1, -0.05) is 22.0 Å². The maximum Gasteiger partial charge on any atom is 0.134 e. The van der Waals surface area contributed by atoms with Gasteiger partial charge >= 0.3 is 0 Å². The van der Waals surface area contributed by atoms with Gasteiger partial charge in [-0.3, -0.25) is 0 Å². The molecule has 128 valence electrons. The van der Waals surface area contributed by atoms with E-state index in [1.807, 2.05) is 6.92 Å². The van der Waals surface area contributed by atoms with E-state index in [-0.39, 0.29) is 0 Å². The zero-order chi connectivity index (χ0) is 17.1. The minimum Gasteiger partial charge on any atom is -0.369 e. The molecule has 2 heterocycles. The van der Waals surface area contributed by atoms with Crippen molar-refractivity contribution in [2.24, 2.45) is 0 Å². The molecule has 0 radical (unpaired) electrons. The predicted molar refractivity (Wildman–Crippen MR) is 103 cm³/mol. The highest BCUT2D eigenvalue weighted by Gasteiger charge is 2.18. The number of aromatic nitrogens is 2. The fraction of sp³-hybridized carbons (Fsp3) is 0.444. The van der Waals surface area contributed by atoms with Crippen LogP contribution in [0.25, 0.3) is 0 Å². The standard InChI is InChI=1S/C18H24BrN5/c1-13-21-17(20-7-9-23(2)3)11-18(22-13)24-8-6-14-10-16(19)5-4-15(14)12-24/h4-5,10-11H,6-9,12H2,1-3H3,(H,20,21,22). The topological polar surface area (TPSA) is 44.3 Å². The van der Waals surface area contributed by atoms with Gasteiger partial charge in [-0.05, 0) is 50.7 Å². The molecule has 3 rings (SSSR count). The highest BCUT2D eigenvalue weighted by molar-refractivity contribution is 9.10. The Bertz CT molecular complexity index is 717. The summed E-state index contributed by atoms with van der Waals surface area (Å²) in [5.41, 5.74) is 2.80. The van der Waals surface area contributed by atoms with Crippen molar-refractivity contribution in [3.05, 3.63) is 45.7 Å². The van der Waals surface area contributed by atoms with Gasteiger partial charge in [-0.15, -0.1) is 0 Å². The first kappa shape index (κ1) is 17.2. The Labute approximate surface area is 152 Å². The van der Waals surface area contributed by atoms with E-state index in [0.717, 1.165) is 54.5 Å². The van der Waals surface area contributed by atoms with E-state index in [1.165, 1.54) is 11.1 Å². The summed E-state index contributed by atoms with van der Waals surface area (Å²) >= 11 is 3.56. The van der Waals surface area contributed by atoms with E-state index in [2.05, 4.69) is 79.4 Å². The number of anilines is 2. The number of benzene rings is 1. The van der Waals surface area contributed by atoms with Crippen molar-refractivity contribution in [3.63, 3.8) is 0 Å². The zero-order valence-electron chi connectivity index (χ0n) is 14.5. The Balaban J connectivity index is 1.75. The molecule has 0 fully saturated rings. The quantitative estimate of drug-likeness (QED) is 0.850. The lowest BCUT2D eigenvalue weighted by atomic mass is 10.00. The highest BCUT2D eigenvalue weighted by atomic mass is 79.9. The van der Waals surface area contributed by atoms with Gasteiger partial charge < -0.3 is 15.1 Å². The number of nitrogens with one attached hydrogen (secondary N) is 1. The van der Waals surface area contributed by atoms with Crippen molar-refractivity contribution in [3.8, 4) is 0 Å². The first-order chi connectivity index (χ1) is 11.5. The summed E-state index contributed by atoms with van der Waals surface area (Å²) in [6.07, 6.45) is 1.04. The fourth-order valence-corrected chi connectivity index (χ4v) is 3.34. The Morgan fingerprint density at radius 2 is 2.04 bits per heavy atom. The van der Waals surface area contributed by atoms with E-state index >= 15 is 0 Å². The minimum absolute atomic E-state index is 0.807. The normalized spacial score (nSPS) is 14.0. The maximum atomic E-state index is 4.65. The van der Waals surface area contributed by atoms with Crippen molar-refractivity contribution in [2.75, 3.05) is 43.9 Å². The van der Waals surface area contributed by atoms with E-state index in [4.69, 9.17) is 0 Å². The number of halogens is 1. The molecular formula is C18H24BrN5. The largest absolute Gasteiger partial charge is 0.369 e. The van der Waals surface area contributed by atoms with Crippen LogP contribution in [0.1, 0.15) is 17.0 Å². The maximum absolute atomic E-state index is 4.65. The second kappa shape index (κ2) is 7.49. The molecule has 2 aromatic rings. The van der Waals surface area contributed by atoms with Gasteiger partial charge in [0.15, 0.2) is 0 Å². The second-order valence-electron chi connectivity index (χ2n) is 6.47. The first-order valence-corrected chi connectivity index (χ1v) is 9.07. The number of fused-ring (bicyclic) bond motifs is 1. The van der Waals surface area contributed by atoms with Crippen LogP contribution in [0.15, 0.2) is 28.7 Å². The molecule has 0 amide bonds. The molecule has 0 atom stereocenters. The molecule has 5 nitrogen and oxygen atoms in total. The number of rotatable bonds is 5. The van der Waals surface area contributed by atoms with Crippen LogP contribution in [0, 0.1) is 6.92 Å². The van der Waals surface area contributed by atoms with Gasteiger partial charge in [0.25, 0.3) is 0 Å². The molecule has 0 unspecified atom stereocenters. The average Bonchev–Trinajstić information content (AvgIpc) is 2.53. The molecule has 1 aromatic carbocycles. The van der Waals surface area contributed by atoms with Crippen LogP contribution in [0.3, 0.4) is 0 Å². The number of likely N-dealkylation sites (N-methyl/N-ethyl adjacent to an activating group) is 1. The monoisotopic (exact) mass is 389 g/mol. The van der Waals surface area contributed by atoms with Crippen LogP contribution in [0.4, 0.5) is 11.6 Å². The number of nitrogens with zero attached hydrogens (tertiary/aromatic N) is 4. The molecule has 6 heteroatoms. The molecule has 0 saturated heterocycles. The summed E-state index contributed by atoms with van der Waals surface area (Å²) in [6, 6.07) is 8.61. The lowest BCUT2D eigenvalue weighted by Gasteiger charge is -2.30. The lowest BCUT2D eigenvalue weighted by Crippen LogP contribution is -2.31. The molecule has 1 N–H and O–H groups in total. The Morgan fingerprint density at radius 3 is 2.83 bits per heavy atom. The van der Waals surface area contributed by atoms with E-state index in [1.54, 1.807) is 0 Å². The van der Waals surface area contributed by atoms with E-state index in [0.29, 0.717) is 0 Å². The van der Waals surface area contributed by atoms with Crippen molar-refractivity contribution < 1.29 is 0 Å². The molecule has 1 aliphatic rings. The molecular weight excluding hydrogens is 366 g/mol. The average molecular weight is 390 g/mol. The van der Waals surface area contributed by atoms with Crippen LogP contribution in [-0.4, -0.2) is 48.6 Å². The molecule has 0 saturated carbocycles. The third kappa shape index (κ3) is 4.24. The van der Waals surface area contributed by atoms with Crippen LogP contribution in [0.2, 0.25) is 0 Å². The Hall–Kier alpha value is -1.66. The fourth-order valence-electron chi connectivity index (χ4n) is 2.93. The predicted octanol–water partition coefficient (Wildman–Crippen LogP) is 3.08. The lowest BCUT2D eigenvalue weighted by molar-refractivity contribution is 0.425. The summed E-state index contributed by atoms with van der Waals surface area (Å²) < 4.78 is 1.15. The third-order valence-corrected chi connectivity index (χ3v) is 4.69. The van der Waals surface area contributed by atoms with Crippen LogP contribution in [0.5, 0.6) is 0 Å². The molecule has 1 aromatic heterocycles. The van der Waals surface area contributed by atoms with E-state index in [9.17, 15) is 0 Å². The van der Waals surface area contributed by atoms with Crippen molar-refractivity contribution >= 4 is 27.6 Å². The number of hydrogen-bond donors (Lipinski definition) is 1. The summed E-state index contributed by atoms with van der Waals surface area (Å²) in [5, 5.41) is 3.40. The molecule has 0 bridgehead atoms. The molecule has 24 heavy (non-hydrogen) atoms. The minimum atomic E-state index is 0.807. The SMILES string of the molecule is Cc1nc(NCCN(C)C)cc(N2CCc3cc(Br)ccc3C2)n1. The Morgan fingerprint density at radius 1 is 1.21 bits per heavy atom. The van der Waals surface area contributed by atoms with Crippen LogP contribution < -0.4 is 10.2 Å². The first-order valence-electron chi connectivity index (χ1n) is 8.28. The van der Waals surface area contributed by atoms with Crippen molar-refractivity contribution in [2.45, 2.75) is 19.9 Å². The summed E-state index contributed by atoms with van der Waals surface area (Å²) in [6.45, 7) is 5.69. The number of hydrogen-bond acceptors (Lipinski definition) is 5. The number of aryl methyl sites for hydroxylation is 1. The van der Waals surface area contributed by atoms with Gasteiger partial charge in [0.1, 0.15) is 17.5 Å². The highest BCUT2D eigenvalue weighted by Crippen LogP contribution is 2.26. The Kier molecular flexibility index (Phi) is 5.36. The van der Waals surface area contributed by atoms with Gasteiger partial charge in [0, 0.05) is 36.7 Å². The van der Waals surface area contributed by atoms with Crippen LogP contribution >= 0.6 is 15.9 Å². The van der Waals surface area contributed by atoms with E-state index < -0.39 is 0 Å².